The van der Waals surface area contributed by atoms with Crippen molar-refractivity contribution in [1.82, 2.24) is 34.7 Å². The summed E-state index contributed by atoms with van der Waals surface area (Å²) in [6, 6.07) is 6.70. The average Bonchev–Trinajstić information content (AvgIpc) is 3.49. The number of allylic oxidation sites excluding steroid dienone is 2. The largest absolute Gasteiger partial charge is 0.336 e. The normalized spacial score (nSPS) is 12.7. The summed E-state index contributed by atoms with van der Waals surface area (Å²) in [5, 5.41) is 8.95. The van der Waals surface area contributed by atoms with Crippen molar-refractivity contribution in [3.05, 3.63) is 76.2 Å². The molecule has 0 unspecified atom stereocenters. The Kier molecular flexibility index (Phi) is 5.20. The van der Waals surface area contributed by atoms with Gasteiger partial charge in [-0.05, 0) is 62.2 Å². The van der Waals surface area contributed by atoms with Crippen LogP contribution in [0.3, 0.4) is 0 Å². The van der Waals surface area contributed by atoms with E-state index in [4.69, 9.17) is 4.98 Å². The van der Waals surface area contributed by atoms with Crippen LogP contribution in [0.5, 0.6) is 0 Å². The summed E-state index contributed by atoms with van der Waals surface area (Å²) >= 11 is 0. The van der Waals surface area contributed by atoms with E-state index < -0.39 is 0 Å². The molecule has 0 amide bonds. The minimum absolute atomic E-state index is 0.306. The van der Waals surface area contributed by atoms with E-state index in [9.17, 15) is 4.39 Å². The van der Waals surface area contributed by atoms with E-state index in [-0.39, 0.29) is 5.82 Å². The van der Waals surface area contributed by atoms with Gasteiger partial charge in [0.15, 0.2) is 5.82 Å². The average molecular weight is 454 g/mol. The fourth-order valence-electron chi connectivity index (χ4n) is 4.09. The number of aromatic nitrogens is 7. The van der Waals surface area contributed by atoms with Gasteiger partial charge in [-0.2, -0.15) is 5.10 Å². The fraction of sp³-hybridized carbons (Fsp3) is 0.154. The van der Waals surface area contributed by atoms with Gasteiger partial charge >= 0.3 is 0 Å². The maximum Gasteiger partial charge on any atom is 0.159 e. The zero-order valence-electron chi connectivity index (χ0n) is 19.4. The molecule has 5 rings (SSSR count). The summed E-state index contributed by atoms with van der Waals surface area (Å²) in [7, 11) is 1.98. The molecular weight excluding hydrogens is 429 g/mol. The number of hydrogen-bond donors (Lipinski definition) is 2. The molecule has 0 radical (unpaired) electrons. The second-order valence-corrected chi connectivity index (χ2v) is 8.26. The molecule has 0 spiro atoms. The standard InChI is InChI=1S/C26H24FN7/c1-6-17(22-13-29-16(4)34(22)5)12-20-15(3)32-33-24(20)26-30-21-7-8-28-23(25(21)31-26)18-9-14(2)10-19(27)11-18/h6-13,32H,3H2,1-2,4-5H3,(H,30,31)/b17-6+,20-12+. The molecule has 4 aromatic heterocycles. The summed E-state index contributed by atoms with van der Waals surface area (Å²) in [5.74, 6) is 1.20. The summed E-state index contributed by atoms with van der Waals surface area (Å²) in [6.07, 6.45) is 7.59. The highest BCUT2D eigenvalue weighted by molar-refractivity contribution is 5.92. The van der Waals surface area contributed by atoms with Gasteiger partial charge in [-0.1, -0.05) is 12.7 Å². The third-order valence-corrected chi connectivity index (χ3v) is 5.95. The van der Waals surface area contributed by atoms with Crippen LogP contribution in [-0.4, -0.2) is 34.7 Å². The Morgan fingerprint density at radius 3 is 2.68 bits per heavy atom. The summed E-state index contributed by atoms with van der Waals surface area (Å²) in [4.78, 5) is 17.1. The predicted octanol–water partition coefficient (Wildman–Crippen LogP) is 3.80. The first-order valence-electron chi connectivity index (χ1n) is 10.9. The lowest BCUT2D eigenvalue weighted by atomic mass is 10.1. The number of aromatic amines is 2. The summed E-state index contributed by atoms with van der Waals surface area (Å²) in [6.45, 7) is 9.92. The van der Waals surface area contributed by atoms with Gasteiger partial charge in [0.1, 0.15) is 22.9 Å². The molecule has 0 aliphatic rings. The summed E-state index contributed by atoms with van der Waals surface area (Å²) in [5.41, 5.74) is 6.16. The van der Waals surface area contributed by atoms with Crippen LogP contribution in [0.25, 0.3) is 52.0 Å². The molecule has 2 N–H and O–H groups in total. The first kappa shape index (κ1) is 21.5. The van der Waals surface area contributed by atoms with Gasteiger partial charge in [0.2, 0.25) is 0 Å². The van der Waals surface area contributed by atoms with Gasteiger partial charge in [0, 0.05) is 24.0 Å². The molecule has 0 fully saturated rings. The molecule has 34 heavy (non-hydrogen) atoms. The minimum Gasteiger partial charge on any atom is -0.336 e. The molecule has 0 saturated carbocycles. The molecule has 8 heteroatoms. The minimum atomic E-state index is -0.306. The number of rotatable bonds is 4. The van der Waals surface area contributed by atoms with E-state index >= 15 is 0 Å². The third kappa shape index (κ3) is 3.63. The van der Waals surface area contributed by atoms with Gasteiger partial charge in [0.25, 0.3) is 0 Å². The van der Waals surface area contributed by atoms with Crippen LogP contribution in [0, 0.1) is 19.7 Å². The second-order valence-electron chi connectivity index (χ2n) is 8.26. The smallest absolute Gasteiger partial charge is 0.159 e. The molecule has 0 atom stereocenters. The quantitative estimate of drug-likeness (QED) is 0.433. The Morgan fingerprint density at radius 1 is 1.15 bits per heavy atom. The van der Waals surface area contributed by atoms with Crippen molar-refractivity contribution in [2.75, 3.05) is 0 Å². The van der Waals surface area contributed by atoms with Crippen LogP contribution in [-0.2, 0) is 7.05 Å². The van der Waals surface area contributed by atoms with E-state index in [1.807, 2.05) is 62.9 Å². The van der Waals surface area contributed by atoms with E-state index in [1.54, 1.807) is 6.20 Å². The number of H-pyrrole nitrogens is 2. The lowest BCUT2D eigenvalue weighted by Crippen LogP contribution is -2.22. The maximum absolute atomic E-state index is 14.1. The van der Waals surface area contributed by atoms with E-state index in [2.05, 4.69) is 31.7 Å². The number of fused-ring (bicyclic) bond motifs is 1. The van der Waals surface area contributed by atoms with Gasteiger partial charge < -0.3 is 9.55 Å². The van der Waals surface area contributed by atoms with Crippen LogP contribution >= 0.6 is 0 Å². The number of pyridine rings is 1. The number of imidazole rings is 2. The third-order valence-electron chi connectivity index (χ3n) is 5.95. The van der Waals surface area contributed by atoms with Crippen molar-refractivity contribution >= 4 is 29.3 Å². The van der Waals surface area contributed by atoms with Crippen LogP contribution in [0.2, 0.25) is 0 Å². The number of hydrogen-bond acceptors (Lipinski definition) is 4. The van der Waals surface area contributed by atoms with Gasteiger partial charge in [-0.15, -0.1) is 0 Å². The lowest BCUT2D eigenvalue weighted by Gasteiger charge is -2.04. The molecule has 0 aliphatic heterocycles. The summed E-state index contributed by atoms with van der Waals surface area (Å²) < 4.78 is 16.1. The van der Waals surface area contributed by atoms with Crippen LogP contribution in [0.15, 0.2) is 42.7 Å². The highest BCUT2D eigenvalue weighted by Gasteiger charge is 2.16. The SMILES string of the molecule is C=c1[nH]nc(-c2nc3c(-c4cc(C)cc(F)c4)nccc3[nH]2)/c1=C/C(=C\C)c1cnc(C)n1C. The highest BCUT2D eigenvalue weighted by atomic mass is 19.1. The number of benzene rings is 1. The molecule has 7 nitrogen and oxygen atoms in total. The monoisotopic (exact) mass is 453 g/mol. The molecule has 170 valence electrons. The molecular formula is C26H24FN7. The Hall–Kier alpha value is -4.33. The first-order chi connectivity index (χ1) is 16.4. The van der Waals surface area contributed by atoms with Crippen molar-refractivity contribution in [3.63, 3.8) is 0 Å². The Morgan fingerprint density at radius 2 is 1.97 bits per heavy atom. The zero-order chi connectivity index (χ0) is 24.0. The highest BCUT2D eigenvalue weighted by Crippen LogP contribution is 2.28. The van der Waals surface area contributed by atoms with Crippen molar-refractivity contribution < 1.29 is 4.39 Å². The number of nitrogens with zero attached hydrogens (tertiary/aromatic N) is 5. The molecule has 4 heterocycles. The van der Waals surface area contributed by atoms with Crippen LogP contribution < -0.4 is 10.6 Å². The molecule has 0 bridgehead atoms. The molecule has 0 aliphatic carbocycles. The Balaban J connectivity index is 1.67. The molecule has 0 saturated heterocycles. The topological polar surface area (TPSA) is 88.1 Å². The van der Waals surface area contributed by atoms with E-state index in [0.29, 0.717) is 33.6 Å². The van der Waals surface area contributed by atoms with E-state index in [1.165, 1.54) is 12.1 Å². The van der Waals surface area contributed by atoms with Crippen LogP contribution in [0.4, 0.5) is 4.39 Å². The van der Waals surface area contributed by atoms with Crippen molar-refractivity contribution in [1.29, 1.82) is 0 Å². The van der Waals surface area contributed by atoms with Crippen molar-refractivity contribution in [2.45, 2.75) is 20.8 Å². The second kappa shape index (κ2) is 8.22. The number of nitrogens with one attached hydrogen (secondary N) is 2. The Labute approximate surface area is 195 Å². The van der Waals surface area contributed by atoms with Crippen molar-refractivity contribution in [2.24, 2.45) is 7.05 Å². The lowest BCUT2D eigenvalue weighted by molar-refractivity contribution is 0.627. The van der Waals surface area contributed by atoms with E-state index in [0.717, 1.165) is 33.4 Å². The van der Waals surface area contributed by atoms with Crippen molar-refractivity contribution in [3.8, 4) is 22.8 Å². The van der Waals surface area contributed by atoms with Gasteiger partial charge in [0.05, 0.1) is 28.5 Å². The zero-order valence-corrected chi connectivity index (χ0v) is 19.4. The Bertz CT molecular complexity index is 1660. The number of halogens is 1. The fourth-order valence-corrected chi connectivity index (χ4v) is 4.09. The maximum atomic E-state index is 14.1. The molecule has 1 aromatic carbocycles. The van der Waals surface area contributed by atoms with Gasteiger partial charge in [-0.25, -0.2) is 14.4 Å². The first-order valence-corrected chi connectivity index (χ1v) is 10.9. The van der Waals surface area contributed by atoms with Gasteiger partial charge in [-0.3, -0.25) is 10.1 Å². The predicted molar refractivity (Wildman–Crippen MR) is 132 cm³/mol. The molecule has 5 aromatic rings. The number of aryl methyl sites for hydroxylation is 2. The van der Waals surface area contributed by atoms with Crippen LogP contribution in [0.1, 0.15) is 24.0 Å².